The molecule has 0 aromatic heterocycles. The van der Waals surface area contributed by atoms with Gasteiger partial charge in [0.05, 0.1) is 6.10 Å². The SMILES string of the molecule is CCC=CNCC(O)Cc1ccccc1. The predicted octanol–water partition coefficient (Wildman–Crippen LogP) is 2.10. The first-order chi connectivity index (χ1) is 7.33. The minimum absolute atomic E-state index is 0.325. The summed E-state index contributed by atoms with van der Waals surface area (Å²) >= 11 is 0. The van der Waals surface area contributed by atoms with Gasteiger partial charge in [0.2, 0.25) is 0 Å². The van der Waals surface area contributed by atoms with Gasteiger partial charge in [-0.3, -0.25) is 0 Å². The molecule has 0 fully saturated rings. The van der Waals surface area contributed by atoms with Crippen molar-refractivity contribution in [3.05, 3.63) is 48.2 Å². The van der Waals surface area contributed by atoms with Gasteiger partial charge in [0.15, 0.2) is 0 Å². The largest absolute Gasteiger partial charge is 0.391 e. The van der Waals surface area contributed by atoms with Gasteiger partial charge in [-0.1, -0.05) is 43.3 Å². The summed E-state index contributed by atoms with van der Waals surface area (Å²) < 4.78 is 0. The molecule has 2 N–H and O–H groups in total. The molecule has 0 amide bonds. The maximum atomic E-state index is 9.71. The molecule has 0 radical (unpaired) electrons. The number of allylic oxidation sites excluding steroid dienone is 1. The first kappa shape index (κ1) is 11.8. The Hall–Kier alpha value is -1.28. The third kappa shape index (κ3) is 5.23. The molecule has 1 aromatic rings. The van der Waals surface area contributed by atoms with E-state index in [1.165, 1.54) is 5.56 Å². The maximum absolute atomic E-state index is 9.71. The van der Waals surface area contributed by atoms with Crippen LogP contribution >= 0.6 is 0 Å². The van der Waals surface area contributed by atoms with E-state index in [1.807, 2.05) is 42.6 Å². The number of aliphatic hydroxyl groups excluding tert-OH is 1. The molecule has 82 valence electrons. The van der Waals surface area contributed by atoms with E-state index >= 15 is 0 Å². The zero-order valence-electron chi connectivity index (χ0n) is 9.19. The van der Waals surface area contributed by atoms with Crippen molar-refractivity contribution in [3.63, 3.8) is 0 Å². The second-order valence-corrected chi connectivity index (χ2v) is 3.56. The molecule has 0 aliphatic heterocycles. The average molecular weight is 205 g/mol. The summed E-state index contributed by atoms with van der Waals surface area (Å²) in [5.74, 6) is 0. The van der Waals surface area contributed by atoms with Gasteiger partial charge in [-0.15, -0.1) is 0 Å². The van der Waals surface area contributed by atoms with Crippen LogP contribution in [0.4, 0.5) is 0 Å². The van der Waals surface area contributed by atoms with Gasteiger partial charge in [-0.25, -0.2) is 0 Å². The van der Waals surface area contributed by atoms with Crippen LogP contribution in [0.1, 0.15) is 18.9 Å². The fourth-order valence-electron chi connectivity index (χ4n) is 1.36. The quantitative estimate of drug-likeness (QED) is 0.745. The number of aliphatic hydroxyl groups is 1. The molecule has 0 aliphatic rings. The lowest BCUT2D eigenvalue weighted by Crippen LogP contribution is -2.24. The number of nitrogens with one attached hydrogen (secondary N) is 1. The molecule has 1 unspecified atom stereocenters. The first-order valence-corrected chi connectivity index (χ1v) is 5.43. The van der Waals surface area contributed by atoms with Crippen LogP contribution < -0.4 is 5.32 Å². The van der Waals surface area contributed by atoms with E-state index in [2.05, 4.69) is 12.2 Å². The van der Waals surface area contributed by atoms with Crippen molar-refractivity contribution in [3.8, 4) is 0 Å². The second-order valence-electron chi connectivity index (χ2n) is 3.56. The van der Waals surface area contributed by atoms with E-state index in [0.29, 0.717) is 13.0 Å². The molecular weight excluding hydrogens is 186 g/mol. The Morgan fingerprint density at radius 1 is 1.33 bits per heavy atom. The minimum Gasteiger partial charge on any atom is -0.391 e. The topological polar surface area (TPSA) is 32.3 Å². The van der Waals surface area contributed by atoms with E-state index in [0.717, 1.165) is 6.42 Å². The van der Waals surface area contributed by atoms with Crippen molar-refractivity contribution in [2.75, 3.05) is 6.54 Å². The third-order valence-corrected chi connectivity index (χ3v) is 2.14. The monoisotopic (exact) mass is 205 g/mol. The second kappa shape index (κ2) is 7.07. The predicted molar refractivity (Wildman–Crippen MR) is 63.6 cm³/mol. The van der Waals surface area contributed by atoms with Gasteiger partial charge in [0.25, 0.3) is 0 Å². The highest BCUT2D eigenvalue weighted by molar-refractivity contribution is 5.15. The Labute approximate surface area is 91.6 Å². The highest BCUT2D eigenvalue weighted by Crippen LogP contribution is 2.02. The number of benzene rings is 1. The van der Waals surface area contributed by atoms with Gasteiger partial charge in [0.1, 0.15) is 0 Å². The molecule has 1 aromatic carbocycles. The molecule has 0 heterocycles. The van der Waals surface area contributed by atoms with Crippen molar-refractivity contribution >= 4 is 0 Å². The molecule has 0 aliphatic carbocycles. The summed E-state index contributed by atoms with van der Waals surface area (Å²) in [6.07, 6.45) is 5.33. The molecule has 2 nitrogen and oxygen atoms in total. The highest BCUT2D eigenvalue weighted by atomic mass is 16.3. The summed E-state index contributed by atoms with van der Waals surface area (Å²) in [7, 11) is 0. The molecule has 1 atom stereocenters. The lowest BCUT2D eigenvalue weighted by molar-refractivity contribution is 0.176. The Bertz CT molecular complexity index is 282. The van der Waals surface area contributed by atoms with Crippen molar-refractivity contribution in [1.82, 2.24) is 5.32 Å². The molecule has 15 heavy (non-hydrogen) atoms. The summed E-state index contributed by atoms with van der Waals surface area (Å²) in [4.78, 5) is 0. The van der Waals surface area contributed by atoms with Crippen LogP contribution in [-0.4, -0.2) is 17.8 Å². The third-order valence-electron chi connectivity index (χ3n) is 2.14. The van der Waals surface area contributed by atoms with Crippen molar-refractivity contribution in [1.29, 1.82) is 0 Å². The molecule has 0 spiro atoms. The Balaban J connectivity index is 2.24. The van der Waals surface area contributed by atoms with Crippen LogP contribution in [0.15, 0.2) is 42.6 Å². The summed E-state index contributed by atoms with van der Waals surface area (Å²) in [6.45, 7) is 2.68. The van der Waals surface area contributed by atoms with Gasteiger partial charge in [-0.2, -0.15) is 0 Å². The molecule has 0 saturated carbocycles. The highest BCUT2D eigenvalue weighted by Gasteiger charge is 2.02. The normalized spacial score (nSPS) is 12.9. The van der Waals surface area contributed by atoms with E-state index in [-0.39, 0.29) is 6.10 Å². The van der Waals surface area contributed by atoms with Crippen molar-refractivity contribution in [2.24, 2.45) is 0 Å². The van der Waals surface area contributed by atoms with E-state index in [1.54, 1.807) is 0 Å². The lowest BCUT2D eigenvalue weighted by atomic mass is 10.1. The van der Waals surface area contributed by atoms with Crippen LogP contribution in [0.25, 0.3) is 0 Å². The van der Waals surface area contributed by atoms with Crippen LogP contribution in [0, 0.1) is 0 Å². The summed E-state index contributed by atoms with van der Waals surface area (Å²) in [6, 6.07) is 10.0. The minimum atomic E-state index is -0.325. The fourth-order valence-corrected chi connectivity index (χ4v) is 1.36. The summed E-state index contributed by atoms with van der Waals surface area (Å²) in [5.41, 5.74) is 1.17. The van der Waals surface area contributed by atoms with Crippen molar-refractivity contribution < 1.29 is 5.11 Å². The molecule has 0 bridgehead atoms. The standard InChI is InChI=1S/C13H19NO/c1-2-3-9-14-11-13(15)10-12-7-5-4-6-8-12/h3-9,13-15H,2,10-11H2,1H3. The average Bonchev–Trinajstić information content (AvgIpc) is 2.26. The van der Waals surface area contributed by atoms with E-state index < -0.39 is 0 Å². The molecular formula is C13H19NO. The van der Waals surface area contributed by atoms with Crippen LogP contribution in [0.2, 0.25) is 0 Å². The van der Waals surface area contributed by atoms with Crippen LogP contribution in [0.3, 0.4) is 0 Å². The number of hydrogen-bond acceptors (Lipinski definition) is 2. The summed E-state index contributed by atoms with van der Waals surface area (Å²) in [5, 5.41) is 12.8. The Morgan fingerprint density at radius 2 is 2.07 bits per heavy atom. The molecule has 2 heteroatoms. The maximum Gasteiger partial charge on any atom is 0.0752 e. The number of rotatable bonds is 6. The van der Waals surface area contributed by atoms with Crippen LogP contribution in [-0.2, 0) is 6.42 Å². The Morgan fingerprint density at radius 3 is 2.73 bits per heavy atom. The van der Waals surface area contributed by atoms with E-state index in [4.69, 9.17) is 0 Å². The number of hydrogen-bond donors (Lipinski definition) is 2. The smallest absolute Gasteiger partial charge is 0.0752 e. The van der Waals surface area contributed by atoms with Gasteiger partial charge in [0, 0.05) is 13.0 Å². The zero-order chi connectivity index (χ0) is 10.9. The van der Waals surface area contributed by atoms with E-state index in [9.17, 15) is 5.11 Å². The van der Waals surface area contributed by atoms with Crippen LogP contribution in [0.5, 0.6) is 0 Å². The zero-order valence-corrected chi connectivity index (χ0v) is 9.19. The van der Waals surface area contributed by atoms with Crippen molar-refractivity contribution in [2.45, 2.75) is 25.9 Å². The van der Waals surface area contributed by atoms with Gasteiger partial charge >= 0.3 is 0 Å². The first-order valence-electron chi connectivity index (χ1n) is 5.43. The Kier molecular flexibility index (Phi) is 5.56. The lowest BCUT2D eigenvalue weighted by Gasteiger charge is -2.10. The van der Waals surface area contributed by atoms with Gasteiger partial charge in [-0.05, 0) is 18.2 Å². The molecule has 1 rings (SSSR count). The molecule has 0 saturated heterocycles. The van der Waals surface area contributed by atoms with Gasteiger partial charge < -0.3 is 10.4 Å². The fraction of sp³-hybridized carbons (Fsp3) is 0.385.